The second kappa shape index (κ2) is 7.54. The first-order chi connectivity index (χ1) is 15.0. The number of likely N-dealkylation sites (tertiary alicyclic amines) is 1. The van der Waals surface area contributed by atoms with Crippen molar-refractivity contribution in [1.29, 1.82) is 0 Å². The Bertz CT molecular complexity index is 1140. The minimum Gasteiger partial charge on any atom is -0.478 e. The summed E-state index contributed by atoms with van der Waals surface area (Å²) < 4.78 is 5.53. The van der Waals surface area contributed by atoms with Gasteiger partial charge in [0.1, 0.15) is 0 Å². The number of piperidine rings is 1. The van der Waals surface area contributed by atoms with Crippen LogP contribution in [0.4, 0.5) is 0 Å². The number of nitrogens with zero attached hydrogens (tertiary/aromatic N) is 2. The average Bonchev–Trinajstić information content (AvgIpc) is 3.14. The summed E-state index contributed by atoms with van der Waals surface area (Å²) in [6, 6.07) is 9.66. The molecule has 5 rings (SSSR count). The molecule has 8 heteroatoms. The lowest BCUT2D eigenvalue weighted by atomic mass is 10.1. The van der Waals surface area contributed by atoms with E-state index in [0.717, 1.165) is 11.8 Å². The number of rotatable bonds is 6. The molecule has 2 N–H and O–H groups in total. The fourth-order valence-corrected chi connectivity index (χ4v) is 4.65. The lowest BCUT2D eigenvalue weighted by Crippen LogP contribution is -2.32. The number of pyridine rings is 1. The van der Waals surface area contributed by atoms with Gasteiger partial charge in [0.05, 0.1) is 11.8 Å². The van der Waals surface area contributed by atoms with E-state index in [2.05, 4.69) is 10.3 Å². The number of aromatic nitrogens is 1. The average molecular weight is 419 g/mol. The molecule has 1 aromatic carbocycles. The molecular formula is C23H21N3O5. The Balaban J connectivity index is 1.10. The van der Waals surface area contributed by atoms with Gasteiger partial charge in [0.2, 0.25) is 0 Å². The van der Waals surface area contributed by atoms with E-state index in [9.17, 15) is 14.4 Å². The quantitative estimate of drug-likeness (QED) is 0.635. The van der Waals surface area contributed by atoms with Crippen LogP contribution in [-0.2, 0) is 0 Å². The van der Waals surface area contributed by atoms with Gasteiger partial charge in [0.15, 0.2) is 11.3 Å². The van der Waals surface area contributed by atoms with E-state index >= 15 is 0 Å². The van der Waals surface area contributed by atoms with Crippen molar-refractivity contribution in [2.24, 2.45) is 17.8 Å². The summed E-state index contributed by atoms with van der Waals surface area (Å²) >= 11 is 0. The Hall–Kier alpha value is -3.68. The molecule has 2 aromatic heterocycles. The molecule has 31 heavy (non-hydrogen) atoms. The SMILES string of the molecule is O=C(O)c1cccc(C(=O)N2CC3C(CCNC(=O)c4cc5ccncc5o4)C3C2)c1. The second-order valence-electron chi connectivity index (χ2n) is 8.16. The van der Waals surface area contributed by atoms with Gasteiger partial charge in [0.25, 0.3) is 11.8 Å². The third-order valence-corrected chi connectivity index (χ3v) is 6.33. The number of furan rings is 1. The summed E-state index contributed by atoms with van der Waals surface area (Å²) in [4.78, 5) is 41.9. The van der Waals surface area contributed by atoms with Gasteiger partial charge in [-0.2, -0.15) is 0 Å². The molecule has 2 amide bonds. The molecule has 2 fully saturated rings. The highest BCUT2D eigenvalue weighted by molar-refractivity contribution is 5.98. The first-order valence-electron chi connectivity index (χ1n) is 10.3. The van der Waals surface area contributed by atoms with Crippen molar-refractivity contribution in [3.05, 3.63) is 65.7 Å². The van der Waals surface area contributed by atoms with E-state index in [1.807, 2.05) is 0 Å². The lowest BCUT2D eigenvalue weighted by molar-refractivity contribution is 0.0696. The monoisotopic (exact) mass is 419 g/mol. The summed E-state index contributed by atoms with van der Waals surface area (Å²) in [6.45, 7) is 1.91. The fraction of sp³-hybridized carbons (Fsp3) is 0.304. The minimum absolute atomic E-state index is 0.115. The molecule has 2 unspecified atom stereocenters. The van der Waals surface area contributed by atoms with Gasteiger partial charge in [-0.3, -0.25) is 14.6 Å². The molecule has 158 valence electrons. The second-order valence-corrected chi connectivity index (χ2v) is 8.16. The number of carboxylic acid groups (broad SMARTS) is 1. The Morgan fingerprint density at radius 3 is 2.65 bits per heavy atom. The summed E-state index contributed by atoms with van der Waals surface area (Å²) in [5.41, 5.74) is 1.11. The topological polar surface area (TPSA) is 113 Å². The molecule has 3 heterocycles. The van der Waals surface area contributed by atoms with Crippen LogP contribution in [0.2, 0.25) is 0 Å². The normalized spacial score (nSPS) is 21.7. The van der Waals surface area contributed by atoms with Crippen LogP contribution in [0.3, 0.4) is 0 Å². The van der Waals surface area contributed by atoms with Gasteiger partial charge in [-0.1, -0.05) is 6.07 Å². The van der Waals surface area contributed by atoms with Gasteiger partial charge in [-0.05, 0) is 54.5 Å². The number of nitrogens with one attached hydrogen (secondary N) is 1. The molecule has 1 aliphatic carbocycles. The highest BCUT2D eigenvalue weighted by Gasteiger charge is 2.55. The maximum absolute atomic E-state index is 12.7. The molecular weight excluding hydrogens is 398 g/mol. The van der Waals surface area contributed by atoms with Gasteiger partial charge in [-0.15, -0.1) is 0 Å². The van der Waals surface area contributed by atoms with E-state index < -0.39 is 5.97 Å². The van der Waals surface area contributed by atoms with Crippen molar-refractivity contribution in [2.45, 2.75) is 6.42 Å². The molecule has 2 atom stereocenters. The predicted molar refractivity (Wildman–Crippen MR) is 111 cm³/mol. The van der Waals surface area contributed by atoms with Crippen molar-refractivity contribution >= 4 is 28.8 Å². The molecule has 1 saturated carbocycles. The number of hydrogen-bond donors (Lipinski definition) is 2. The van der Waals surface area contributed by atoms with Crippen LogP contribution in [-0.4, -0.2) is 52.4 Å². The Kier molecular flexibility index (Phi) is 4.69. The van der Waals surface area contributed by atoms with Crippen LogP contribution < -0.4 is 5.32 Å². The fourth-order valence-electron chi connectivity index (χ4n) is 4.65. The molecule has 1 aliphatic heterocycles. The van der Waals surface area contributed by atoms with Crippen LogP contribution in [0.1, 0.15) is 37.7 Å². The number of benzene rings is 1. The molecule has 0 radical (unpaired) electrons. The maximum Gasteiger partial charge on any atom is 0.335 e. The Morgan fingerprint density at radius 2 is 1.90 bits per heavy atom. The summed E-state index contributed by atoms with van der Waals surface area (Å²) in [5.74, 6) is 0.259. The number of carboxylic acids is 1. The van der Waals surface area contributed by atoms with Crippen LogP contribution in [0, 0.1) is 17.8 Å². The number of aromatic carboxylic acids is 1. The van der Waals surface area contributed by atoms with E-state index in [4.69, 9.17) is 9.52 Å². The molecule has 2 aliphatic rings. The van der Waals surface area contributed by atoms with E-state index in [1.165, 1.54) is 12.1 Å². The van der Waals surface area contributed by atoms with Crippen LogP contribution >= 0.6 is 0 Å². The highest BCUT2D eigenvalue weighted by Crippen LogP contribution is 2.53. The number of fused-ring (bicyclic) bond motifs is 2. The first kappa shape index (κ1) is 19.3. The number of amides is 2. The van der Waals surface area contributed by atoms with Crippen molar-refractivity contribution in [2.75, 3.05) is 19.6 Å². The van der Waals surface area contributed by atoms with Crippen LogP contribution in [0.5, 0.6) is 0 Å². The third kappa shape index (κ3) is 3.65. The van der Waals surface area contributed by atoms with Crippen molar-refractivity contribution in [3.8, 4) is 0 Å². The molecule has 0 bridgehead atoms. The largest absolute Gasteiger partial charge is 0.478 e. The summed E-state index contributed by atoms with van der Waals surface area (Å²) in [5, 5.41) is 12.9. The minimum atomic E-state index is -1.04. The van der Waals surface area contributed by atoms with E-state index in [1.54, 1.807) is 41.6 Å². The number of carbonyl (C=O) groups excluding carboxylic acids is 2. The molecule has 3 aromatic rings. The predicted octanol–water partition coefficient (Wildman–Crippen LogP) is 2.66. The van der Waals surface area contributed by atoms with Crippen molar-refractivity contribution < 1.29 is 23.9 Å². The molecule has 0 spiro atoms. The van der Waals surface area contributed by atoms with E-state index in [0.29, 0.717) is 48.5 Å². The van der Waals surface area contributed by atoms with Crippen molar-refractivity contribution in [3.63, 3.8) is 0 Å². The van der Waals surface area contributed by atoms with Crippen molar-refractivity contribution in [1.82, 2.24) is 15.2 Å². The lowest BCUT2D eigenvalue weighted by Gasteiger charge is -2.20. The van der Waals surface area contributed by atoms with Crippen LogP contribution in [0.25, 0.3) is 11.0 Å². The van der Waals surface area contributed by atoms with Gasteiger partial charge in [-0.25, -0.2) is 4.79 Å². The summed E-state index contributed by atoms with van der Waals surface area (Å²) in [7, 11) is 0. The Labute approximate surface area is 177 Å². The zero-order valence-corrected chi connectivity index (χ0v) is 16.7. The maximum atomic E-state index is 12.7. The summed E-state index contributed by atoms with van der Waals surface area (Å²) in [6.07, 6.45) is 4.10. The highest BCUT2D eigenvalue weighted by atomic mass is 16.4. The number of hydrogen-bond acceptors (Lipinski definition) is 5. The standard InChI is InChI=1S/C23H21N3O5/c27-21(19-9-13-4-6-24-10-20(13)31-19)25-7-5-16-17-11-26(12-18(16)17)22(28)14-2-1-3-15(8-14)23(29)30/h1-4,6,8-10,16-18H,5,7,11-12H2,(H,25,27)(H,29,30). The smallest absolute Gasteiger partial charge is 0.335 e. The van der Waals surface area contributed by atoms with Gasteiger partial charge in [0, 0.05) is 36.8 Å². The van der Waals surface area contributed by atoms with Gasteiger partial charge >= 0.3 is 5.97 Å². The van der Waals surface area contributed by atoms with E-state index in [-0.39, 0.29) is 23.1 Å². The number of carbonyl (C=O) groups is 3. The Morgan fingerprint density at radius 1 is 1.13 bits per heavy atom. The molecule has 1 saturated heterocycles. The zero-order chi connectivity index (χ0) is 21.5. The molecule has 8 nitrogen and oxygen atoms in total. The van der Waals surface area contributed by atoms with Gasteiger partial charge < -0.3 is 19.7 Å². The third-order valence-electron chi connectivity index (χ3n) is 6.33. The zero-order valence-electron chi connectivity index (χ0n) is 16.7. The first-order valence-corrected chi connectivity index (χ1v) is 10.3. The van der Waals surface area contributed by atoms with Crippen LogP contribution in [0.15, 0.2) is 53.2 Å².